The Bertz CT molecular complexity index is 194. The molecule has 0 aliphatic heterocycles. The van der Waals surface area contributed by atoms with Crippen LogP contribution in [-0.4, -0.2) is 0 Å². The fourth-order valence-electron chi connectivity index (χ4n) is 3.14. The molecule has 0 N–H and O–H groups in total. The van der Waals surface area contributed by atoms with Crippen molar-refractivity contribution >= 4 is 0 Å². The Labute approximate surface area is 142 Å². The van der Waals surface area contributed by atoms with Gasteiger partial charge in [0.15, 0.2) is 0 Å². The SMILES string of the molecule is C=C(CCCCCCCCCC)CCCCCCCCCC. The third kappa shape index (κ3) is 17.8. The molecule has 0 bridgehead atoms. The van der Waals surface area contributed by atoms with Crippen LogP contribution in [-0.2, 0) is 0 Å². The second-order valence-electron chi connectivity index (χ2n) is 7.20. The topological polar surface area (TPSA) is 0 Å². The minimum Gasteiger partial charge on any atom is -0.0999 e. The van der Waals surface area contributed by atoms with Crippen LogP contribution in [0.2, 0.25) is 0 Å². The molecule has 0 aromatic rings. The average Bonchev–Trinajstić information content (AvgIpc) is 2.52. The van der Waals surface area contributed by atoms with Crippen molar-refractivity contribution in [2.75, 3.05) is 0 Å². The Morgan fingerprint density at radius 1 is 0.455 bits per heavy atom. The Balaban J connectivity index is 3.13. The van der Waals surface area contributed by atoms with Crippen LogP contribution in [0.1, 0.15) is 129 Å². The maximum absolute atomic E-state index is 4.27. The monoisotopic (exact) mass is 308 g/mol. The maximum atomic E-state index is 4.27. The largest absolute Gasteiger partial charge is 0.0999 e. The van der Waals surface area contributed by atoms with E-state index in [-0.39, 0.29) is 0 Å². The average molecular weight is 309 g/mol. The van der Waals surface area contributed by atoms with Gasteiger partial charge in [-0.1, -0.05) is 116 Å². The minimum atomic E-state index is 1.28. The summed E-state index contributed by atoms with van der Waals surface area (Å²) >= 11 is 0. The third-order valence-corrected chi connectivity index (χ3v) is 4.77. The lowest BCUT2D eigenvalue weighted by molar-refractivity contribution is 0.561. The molecule has 0 nitrogen and oxygen atoms in total. The van der Waals surface area contributed by atoms with Crippen LogP contribution in [0.5, 0.6) is 0 Å². The van der Waals surface area contributed by atoms with Gasteiger partial charge < -0.3 is 0 Å². The maximum Gasteiger partial charge on any atom is -0.0323 e. The molecule has 132 valence electrons. The molecule has 0 atom stereocenters. The molecule has 0 fully saturated rings. The van der Waals surface area contributed by atoms with Crippen LogP contribution in [0.15, 0.2) is 12.2 Å². The zero-order chi connectivity index (χ0) is 16.3. The van der Waals surface area contributed by atoms with E-state index in [9.17, 15) is 0 Å². The first-order chi connectivity index (χ1) is 10.8. The molecule has 0 rings (SSSR count). The first kappa shape index (κ1) is 21.7. The van der Waals surface area contributed by atoms with Gasteiger partial charge in [0.2, 0.25) is 0 Å². The number of hydrogen-bond donors (Lipinski definition) is 0. The van der Waals surface area contributed by atoms with Gasteiger partial charge in [-0.3, -0.25) is 0 Å². The molecule has 0 radical (unpaired) electrons. The highest BCUT2D eigenvalue weighted by molar-refractivity contribution is 4.93. The summed E-state index contributed by atoms with van der Waals surface area (Å²) in [6.07, 6.45) is 25.3. The van der Waals surface area contributed by atoms with E-state index in [4.69, 9.17) is 0 Å². The van der Waals surface area contributed by atoms with Gasteiger partial charge >= 0.3 is 0 Å². The molecule has 22 heavy (non-hydrogen) atoms. The number of hydrogen-bond acceptors (Lipinski definition) is 0. The van der Waals surface area contributed by atoms with Crippen molar-refractivity contribution in [3.8, 4) is 0 Å². The highest BCUT2D eigenvalue weighted by Gasteiger charge is 1.97. The van der Waals surface area contributed by atoms with E-state index in [2.05, 4.69) is 20.4 Å². The third-order valence-electron chi connectivity index (χ3n) is 4.77. The summed E-state index contributed by atoms with van der Waals surface area (Å²) < 4.78 is 0. The molecule has 0 aromatic carbocycles. The van der Waals surface area contributed by atoms with Crippen LogP contribution >= 0.6 is 0 Å². The standard InChI is InChI=1S/C22H44/c1-4-6-8-10-12-14-16-18-20-22(3)21-19-17-15-13-11-9-7-5-2/h3-21H2,1-2H3. The molecule has 0 saturated heterocycles. The summed E-state index contributed by atoms with van der Waals surface area (Å²) in [5, 5.41) is 0. The van der Waals surface area contributed by atoms with Gasteiger partial charge in [-0.25, -0.2) is 0 Å². The summed E-state index contributed by atoms with van der Waals surface area (Å²) in [5.74, 6) is 0. The van der Waals surface area contributed by atoms with E-state index in [0.29, 0.717) is 0 Å². The van der Waals surface area contributed by atoms with Gasteiger partial charge in [-0.15, -0.1) is 0 Å². The molecule has 0 unspecified atom stereocenters. The van der Waals surface area contributed by atoms with E-state index >= 15 is 0 Å². The molecule has 0 heteroatoms. The van der Waals surface area contributed by atoms with Gasteiger partial charge in [0.05, 0.1) is 0 Å². The van der Waals surface area contributed by atoms with E-state index in [1.807, 2.05) is 0 Å². The smallest absolute Gasteiger partial charge is 0.0323 e. The number of allylic oxidation sites excluding steroid dienone is 1. The molecule has 0 heterocycles. The van der Waals surface area contributed by atoms with Crippen molar-refractivity contribution in [1.82, 2.24) is 0 Å². The Morgan fingerprint density at radius 2 is 0.727 bits per heavy atom. The van der Waals surface area contributed by atoms with Crippen molar-refractivity contribution in [2.45, 2.75) is 129 Å². The zero-order valence-electron chi connectivity index (χ0n) is 15.9. The second-order valence-corrected chi connectivity index (χ2v) is 7.20. The number of unbranched alkanes of at least 4 members (excludes halogenated alkanes) is 14. The lowest BCUT2D eigenvalue weighted by atomic mass is 10.0. The van der Waals surface area contributed by atoms with Crippen LogP contribution in [0, 0.1) is 0 Å². The lowest BCUT2D eigenvalue weighted by Gasteiger charge is -2.06. The quantitative estimate of drug-likeness (QED) is 0.176. The van der Waals surface area contributed by atoms with E-state index < -0.39 is 0 Å². The lowest BCUT2D eigenvalue weighted by Crippen LogP contribution is -1.86. The molecule has 0 saturated carbocycles. The van der Waals surface area contributed by atoms with Gasteiger partial charge in [-0.05, 0) is 25.7 Å². The Kier molecular flexibility index (Phi) is 18.6. The normalized spacial score (nSPS) is 11.0. The summed E-state index contributed by atoms with van der Waals surface area (Å²) in [6, 6.07) is 0. The molecule has 0 aliphatic rings. The summed E-state index contributed by atoms with van der Waals surface area (Å²) in [6.45, 7) is 8.85. The van der Waals surface area contributed by atoms with Crippen molar-refractivity contribution < 1.29 is 0 Å². The fraction of sp³-hybridized carbons (Fsp3) is 0.909. The van der Waals surface area contributed by atoms with Crippen molar-refractivity contribution in [1.29, 1.82) is 0 Å². The molecule has 0 aliphatic carbocycles. The first-order valence-electron chi connectivity index (χ1n) is 10.5. The van der Waals surface area contributed by atoms with E-state index in [1.54, 1.807) is 0 Å². The highest BCUT2D eigenvalue weighted by atomic mass is 14.0. The second kappa shape index (κ2) is 18.8. The minimum absolute atomic E-state index is 1.28. The summed E-state index contributed by atoms with van der Waals surface area (Å²) in [4.78, 5) is 0. The molecule has 0 aromatic heterocycles. The highest BCUT2D eigenvalue weighted by Crippen LogP contribution is 2.17. The van der Waals surface area contributed by atoms with Crippen molar-refractivity contribution in [3.05, 3.63) is 12.2 Å². The van der Waals surface area contributed by atoms with Gasteiger partial charge in [-0.2, -0.15) is 0 Å². The molecular weight excluding hydrogens is 264 g/mol. The zero-order valence-corrected chi connectivity index (χ0v) is 15.9. The van der Waals surface area contributed by atoms with Crippen LogP contribution in [0.3, 0.4) is 0 Å². The van der Waals surface area contributed by atoms with Crippen LogP contribution in [0.4, 0.5) is 0 Å². The van der Waals surface area contributed by atoms with E-state index in [0.717, 1.165) is 0 Å². The van der Waals surface area contributed by atoms with Crippen LogP contribution in [0.25, 0.3) is 0 Å². The fourth-order valence-corrected chi connectivity index (χ4v) is 3.14. The Hall–Kier alpha value is -0.260. The molecule has 0 amide bonds. The number of rotatable bonds is 18. The van der Waals surface area contributed by atoms with E-state index in [1.165, 1.54) is 121 Å². The predicted octanol–water partition coefficient (Wildman–Crippen LogP) is 8.60. The Morgan fingerprint density at radius 3 is 1.05 bits per heavy atom. The van der Waals surface area contributed by atoms with Gasteiger partial charge in [0.1, 0.15) is 0 Å². The molecule has 0 spiro atoms. The summed E-state index contributed by atoms with van der Waals surface area (Å²) in [5.41, 5.74) is 1.51. The van der Waals surface area contributed by atoms with Crippen LogP contribution < -0.4 is 0 Å². The van der Waals surface area contributed by atoms with Gasteiger partial charge in [0.25, 0.3) is 0 Å². The summed E-state index contributed by atoms with van der Waals surface area (Å²) in [7, 11) is 0. The molecular formula is C22H44. The van der Waals surface area contributed by atoms with Crippen molar-refractivity contribution in [3.63, 3.8) is 0 Å². The predicted molar refractivity (Wildman–Crippen MR) is 104 cm³/mol. The van der Waals surface area contributed by atoms with Crippen molar-refractivity contribution in [2.24, 2.45) is 0 Å². The van der Waals surface area contributed by atoms with Gasteiger partial charge in [0, 0.05) is 0 Å². The first-order valence-corrected chi connectivity index (χ1v) is 10.5.